The first-order chi connectivity index (χ1) is 11.5. The van der Waals surface area contributed by atoms with E-state index < -0.39 is 28.9 Å². The van der Waals surface area contributed by atoms with Crippen LogP contribution in [0.25, 0.3) is 0 Å². The van der Waals surface area contributed by atoms with Crippen LogP contribution in [0, 0.1) is 17.5 Å². The number of carbonyl (C=O) groups excluding carboxylic acids is 1. The summed E-state index contributed by atoms with van der Waals surface area (Å²) in [5.41, 5.74) is 0.593. The van der Waals surface area contributed by atoms with Crippen LogP contribution >= 0.6 is 15.9 Å². The Hall–Kier alpha value is -2.02. The Morgan fingerprint density at radius 1 is 0.875 bits per heavy atom. The van der Waals surface area contributed by atoms with E-state index in [0.29, 0.717) is 26.2 Å². The Morgan fingerprint density at radius 2 is 1.50 bits per heavy atom. The standard InChI is InChI=1S/C17H14BrF3N2O/c18-11-1-3-12(4-2-11)22-7-9-23(10-8-22)17(24)13-5-6-14(19)16(21)15(13)20/h1-6H,7-10H2. The number of carbonyl (C=O) groups is 1. The second-order valence-corrected chi connectivity index (χ2v) is 6.39. The van der Waals surface area contributed by atoms with Gasteiger partial charge in [-0.3, -0.25) is 4.79 Å². The summed E-state index contributed by atoms with van der Waals surface area (Å²) in [5.74, 6) is -4.98. The highest BCUT2D eigenvalue weighted by molar-refractivity contribution is 9.10. The number of rotatable bonds is 2. The Labute approximate surface area is 145 Å². The van der Waals surface area contributed by atoms with Gasteiger partial charge in [0.1, 0.15) is 0 Å². The third-order valence-electron chi connectivity index (χ3n) is 4.02. The van der Waals surface area contributed by atoms with E-state index in [1.54, 1.807) is 0 Å². The number of benzene rings is 2. The first kappa shape index (κ1) is 16.8. The fourth-order valence-corrected chi connectivity index (χ4v) is 2.95. The zero-order valence-corrected chi connectivity index (χ0v) is 14.2. The molecule has 7 heteroatoms. The van der Waals surface area contributed by atoms with Crippen molar-refractivity contribution in [1.29, 1.82) is 0 Å². The maximum Gasteiger partial charge on any atom is 0.257 e. The third-order valence-corrected chi connectivity index (χ3v) is 4.55. The molecule has 0 spiro atoms. The Kier molecular flexibility index (Phi) is 4.80. The third kappa shape index (κ3) is 3.26. The first-order valence-electron chi connectivity index (χ1n) is 7.40. The van der Waals surface area contributed by atoms with Crippen LogP contribution < -0.4 is 4.90 Å². The van der Waals surface area contributed by atoms with E-state index in [-0.39, 0.29) is 0 Å². The lowest BCUT2D eigenvalue weighted by Gasteiger charge is -2.36. The fraction of sp³-hybridized carbons (Fsp3) is 0.235. The molecular weight excluding hydrogens is 385 g/mol. The van der Waals surface area contributed by atoms with Crippen molar-refractivity contribution in [2.24, 2.45) is 0 Å². The molecule has 0 N–H and O–H groups in total. The molecule has 2 aromatic carbocycles. The summed E-state index contributed by atoms with van der Waals surface area (Å²) in [7, 11) is 0. The van der Waals surface area contributed by atoms with Gasteiger partial charge in [0, 0.05) is 36.3 Å². The van der Waals surface area contributed by atoms with Gasteiger partial charge in [-0.1, -0.05) is 15.9 Å². The summed E-state index contributed by atoms with van der Waals surface area (Å²) in [6.07, 6.45) is 0. The molecule has 0 bridgehead atoms. The first-order valence-corrected chi connectivity index (χ1v) is 8.20. The fourth-order valence-electron chi connectivity index (χ4n) is 2.68. The van der Waals surface area contributed by atoms with Crippen molar-refractivity contribution in [2.75, 3.05) is 31.1 Å². The Morgan fingerprint density at radius 3 is 2.12 bits per heavy atom. The van der Waals surface area contributed by atoms with E-state index in [1.807, 2.05) is 24.3 Å². The van der Waals surface area contributed by atoms with Crippen molar-refractivity contribution < 1.29 is 18.0 Å². The molecule has 1 amide bonds. The molecular formula is C17H14BrF3N2O. The summed E-state index contributed by atoms with van der Waals surface area (Å²) < 4.78 is 41.0. The van der Waals surface area contributed by atoms with Crippen molar-refractivity contribution in [2.45, 2.75) is 0 Å². The molecule has 0 aliphatic carbocycles. The number of hydrogen-bond acceptors (Lipinski definition) is 2. The number of piperazine rings is 1. The van der Waals surface area contributed by atoms with Crippen molar-refractivity contribution in [3.63, 3.8) is 0 Å². The minimum atomic E-state index is -1.62. The lowest BCUT2D eigenvalue weighted by molar-refractivity contribution is 0.0740. The van der Waals surface area contributed by atoms with E-state index in [2.05, 4.69) is 20.8 Å². The zero-order chi connectivity index (χ0) is 17.3. The molecule has 1 saturated heterocycles. The van der Waals surface area contributed by atoms with Crippen molar-refractivity contribution in [1.82, 2.24) is 4.90 Å². The van der Waals surface area contributed by atoms with E-state index in [1.165, 1.54) is 4.90 Å². The second kappa shape index (κ2) is 6.84. The van der Waals surface area contributed by atoms with E-state index in [9.17, 15) is 18.0 Å². The monoisotopic (exact) mass is 398 g/mol. The van der Waals surface area contributed by atoms with Gasteiger partial charge in [0.2, 0.25) is 0 Å². The lowest BCUT2D eigenvalue weighted by Crippen LogP contribution is -2.49. The minimum Gasteiger partial charge on any atom is -0.368 e. The molecule has 3 rings (SSSR count). The Bertz CT molecular complexity index is 759. The van der Waals surface area contributed by atoms with Gasteiger partial charge >= 0.3 is 0 Å². The number of anilines is 1. The summed E-state index contributed by atoms with van der Waals surface area (Å²) >= 11 is 3.38. The summed E-state index contributed by atoms with van der Waals surface area (Å²) in [5, 5.41) is 0. The van der Waals surface area contributed by atoms with Gasteiger partial charge in [0.05, 0.1) is 5.56 Å². The van der Waals surface area contributed by atoms with Crippen LogP contribution in [-0.2, 0) is 0 Å². The average Bonchev–Trinajstić information content (AvgIpc) is 2.60. The van der Waals surface area contributed by atoms with Crippen molar-refractivity contribution in [3.8, 4) is 0 Å². The molecule has 0 radical (unpaired) electrons. The van der Waals surface area contributed by atoms with Crippen LogP contribution in [0.4, 0.5) is 18.9 Å². The predicted molar refractivity (Wildman–Crippen MR) is 88.6 cm³/mol. The van der Waals surface area contributed by atoms with Gasteiger partial charge in [-0.2, -0.15) is 0 Å². The predicted octanol–water partition coefficient (Wildman–Crippen LogP) is 3.83. The van der Waals surface area contributed by atoms with Crippen molar-refractivity contribution in [3.05, 3.63) is 63.9 Å². The van der Waals surface area contributed by atoms with Crippen molar-refractivity contribution >= 4 is 27.5 Å². The topological polar surface area (TPSA) is 23.6 Å². The van der Waals surface area contributed by atoms with Gasteiger partial charge in [-0.05, 0) is 36.4 Å². The molecule has 1 fully saturated rings. The summed E-state index contributed by atoms with van der Waals surface area (Å²) in [4.78, 5) is 15.9. The highest BCUT2D eigenvalue weighted by Crippen LogP contribution is 2.21. The number of amides is 1. The van der Waals surface area contributed by atoms with Crippen LogP contribution in [0.2, 0.25) is 0 Å². The van der Waals surface area contributed by atoms with Crippen LogP contribution in [0.1, 0.15) is 10.4 Å². The molecule has 0 unspecified atom stereocenters. The SMILES string of the molecule is O=C(c1ccc(F)c(F)c1F)N1CCN(c2ccc(Br)cc2)CC1. The second-order valence-electron chi connectivity index (χ2n) is 5.48. The van der Waals surface area contributed by atoms with Crippen LogP contribution in [0.15, 0.2) is 40.9 Å². The largest absolute Gasteiger partial charge is 0.368 e. The van der Waals surface area contributed by atoms with Gasteiger partial charge in [-0.25, -0.2) is 13.2 Å². The van der Waals surface area contributed by atoms with Gasteiger partial charge in [0.25, 0.3) is 5.91 Å². The van der Waals surface area contributed by atoms with Gasteiger partial charge < -0.3 is 9.80 Å². The maximum atomic E-state index is 13.8. The molecule has 1 aliphatic heterocycles. The average molecular weight is 399 g/mol. The van der Waals surface area contributed by atoms with E-state index >= 15 is 0 Å². The molecule has 24 heavy (non-hydrogen) atoms. The Balaban J connectivity index is 1.69. The molecule has 1 aliphatic rings. The molecule has 2 aromatic rings. The smallest absolute Gasteiger partial charge is 0.257 e. The highest BCUT2D eigenvalue weighted by atomic mass is 79.9. The molecule has 1 heterocycles. The molecule has 0 aromatic heterocycles. The highest BCUT2D eigenvalue weighted by Gasteiger charge is 2.26. The molecule has 126 valence electrons. The minimum absolute atomic E-state index is 0.382. The van der Waals surface area contributed by atoms with E-state index in [0.717, 1.165) is 22.3 Å². The van der Waals surface area contributed by atoms with Gasteiger partial charge in [-0.15, -0.1) is 0 Å². The zero-order valence-electron chi connectivity index (χ0n) is 12.6. The molecule has 3 nitrogen and oxygen atoms in total. The van der Waals surface area contributed by atoms with E-state index in [4.69, 9.17) is 0 Å². The summed E-state index contributed by atoms with van der Waals surface area (Å²) in [6.45, 7) is 1.93. The molecule has 0 atom stereocenters. The quantitative estimate of drug-likeness (QED) is 0.717. The molecule has 0 saturated carbocycles. The van der Waals surface area contributed by atoms with Crippen LogP contribution in [0.3, 0.4) is 0 Å². The van der Waals surface area contributed by atoms with Gasteiger partial charge in [0.15, 0.2) is 17.5 Å². The number of hydrogen-bond donors (Lipinski definition) is 0. The normalized spacial score (nSPS) is 14.8. The maximum absolute atomic E-state index is 13.8. The summed E-state index contributed by atoms with van der Waals surface area (Å²) in [6, 6.07) is 9.56. The number of halogens is 4. The lowest BCUT2D eigenvalue weighted by atomic mass is 10.1. The number of nitrogens with zero attached hydrogens (tertiary/aromatic N) is 2. The van der Waals surface area contributed by atoms with Crippen LogP contribution in [0.5, 0.6) is 0 Å². The van der Waals surface area contributed by atoms with Crippen LogP contribution in [-0.4, -0.2) is 37.0 Å².